The SMILES string of the molecule is Cc1ccc(CN(CCN2CCOCC2)C(=S)Nc2cccc(Cl)c2C)o1. The Hall–Kier alpha value is -1.60. The van der Waals surface area contributed by atoms with Crippen LogP contribution in [0.1, 0.15) is 17.1 Å². The van der Waals surface area contributed by atoms with Gasteiger partial charge in [-0.3, -0.25) is 4.90 Å². The lowest BCUT2D eigenvalue weighted by atomic mass is 10.2. The quantitative estimate of drug-likeness (QED) is 0.727. The average molecular weight is 408 g/mol. The van der Waals surface area contributed by atoms with Crippen LogP contribution in [-0.4, -0.2) is 54.3 Å². The number of nitrogens with zero attached hydrogens (tertiary/aromatic N) is 2. The zero-order chi connectivity index (χ0) is 19.2. The van der Waals surface area contributed by atoms with Crippen LogP contribution in [-0.2, 0) is 11.3 Å². The van der Waals surface area contributed by atoms with Gasteiger partial charge in [-0.05, 0) is 55.9 Å². The molecule has 1 aliphatic rings. The van der Waals surface area contributed by atoms with Crippen molar-refractivity contribution in [2.45, 2.75) is 20.4 Å². The maximum absolute atomic E-state index is 6.24. The van der Waals surface area contributed by atoms with E-state index in [0.717, 1.165) is 67.2 Å². The second-order valence-electron chi connectivity index (χ2n) is 6.73. The Labute approximate surface area is 171 Å². The van der Waals surface area contributed by atoms with E-state index in [2.05, 4.69) is 15.1 Å². The van der Waals surface area contributed by atoms with Gasteiger partial charge in [-0.2, -0.15) is 0 Å². The predicted octanol–water partition coefficient (Wildman–Crippen LogP) is 4.08. The summed E-state index contributed by atoms with van der Waals surface area (Å²) in [7, 11) is 0. The Balaban J connectivity index is 1.68. The van der Waals surface area contributed by atoms with Crippen molar-refractivity contribution in [2.24, 2.45) is 0 Å². The molecule has 0 spiro atoms. The van der Waals surface area contributed by atoms with Gasteiger partial charge in [0.2, 0.25) is 0 Å². The minimum absolute atomic E-state index is 0.629. The standard InChI is InChI=1S/C20H26ClN3O2S/c1-15-6-7-17(26-15)14-24(9-8-23-10-12-25-13-11-23)20(27)22-19-5-3-4-18(21)16(19)2/h3-7H,8-14H2,1-2H3,(H,22,27). The molecule has 7 heteroatoms. The van der Waals surface area contributed by atoms with Crippen molar-refractivity contribution in [2.75, 3.05) is 44.7 Å². The van der Waals surface area contributed by atoms with Crippen molar-refractivity contribution < 1.29 is 9.15 Å². The maximum atomic E-state index is 6.24. The molecule has 3 rings (SSSR count). The first-order valence-corrected chi connectivity index (χ1v) is 9.98. The van der Waals surface area contributed by atoms with Gasteiger partial charge in [0.25, 0.3) is 0 Å². The first-order chi connectivity index (χ1) is 13.0. The molecule has 1 saturated heterocycles. The molecule has 1 aromatic heterocycles. The Morgan fingerprint density at radius 1 is 1.22 bits per heavy atom. The third-order valence-electron chi connectivity index (χ3n) is 4.73. The molecule has 2 aromatic rings. The number of morpholine rings is 1. The Kier molecular flexibility index (Phi) is 7.13. The van der Waals surface area contributed by atoms with Gasteiger partial charge in [0.1, 0.15) is 11.5 Å². The van der Waals surface area contributed by atoms with Gasteiger partial charge in [-0.15, -0.1) is 0 Å². The highest BCUT2D eigenvalue weighted by Gasteiger charge is 2.17. The Morgan fingerprint density at radius 3 is 2.70 bits per heavy atom. The van der Waals surface area contributed by atoms with E-state index in [4.69, 9.17) is 33.0 Å². The number of rotatable bonds is 6. The molecule has 27 heavy (non-hydrogen) atoms. The van der Waals surface area contributed by atoms with Crippen LogP contribution >= 0.6 is 23.8 Å². The topological polar surface area (TPSA) is 40.9 Å². The minimum atomic E-state index is 0.629. The molecule has 0 radical (unpaired) electrons. The molecule has 0 saturated carbocycles. The highest BCUT2D eigenvalue weighted by Crippen LogP contribution is 2.23. The zero-order valence-corrected chi connectivity index (χ0v) is 17.4. The number of nitrogens with one attached hydrogen (secondary N) is 1. The van der Waals surface area contributed by atoms with Crippen molar-refractivity contribution in [3.63, 3.8) is 0 Å². The van der Waals surface area contributed by atoms with E-state index in [-0.39, 0.29) is 0 Å². The van der Waals surface area contributed by atoms with Crippen LogP contribution in [0.2, 0.25) is 5.02 Å². The summed E-state index contributed by atoms with van der Waals surface area (Å²) in [5.41, 5.74) is 1.92. The third kappa shape index (κ3) is 5.69. The van der Waals surface area contributed by atoms with Gasteiger partial charge < -0.3 is 19.4 Å². The number of aryl methyl sites for hydroxylation is 1. The summed E-state index contributed by atoms with van der Waals surface area (Å²) < 4.78 is 11.2. The third-order valence-corrected chi connectivity index (χ3v) is 5.50. The number of ether oxygens (including phenoxy) is 1. The van der Waals surface area contributed by atoms with Crippen LogP contribution < -0.4 is 5.32 Å². The van der Waals surface area contributed by atoms with Crippen molar-refractivity contribution >= 4 is 34.6 Å². The molecule has 0 atom stereocenters. The van der Waals surface area contributed by atoms with Gasteiger partial charge in [-0.25, -0.2) is 0 Å². The molecule has 146 valence electrons. The monoisotopic (exact) mass is 407 g/mol. The lowest BCUT2D eigenvalue weighted by Crippen LogP contribution is -2.44. The number of thiocarbonyl (C=S) groups is 1. The normalized spacial score (nSPS) is 14.9. The second kappa shape index (κ2) is 9.55. The molecule has 1 fully saturated rings. The number of hydrogen-bond acceptors (Lipinski definition) is 4. The van der Waals surface area contributed by atoms with E-state index in [9.17, 15) is 0 Å². The molecular formula is C20H26ClN3O2S. The summed E-state index contributed by atoms with van der Waals surface area (Å²) in [4.78, 5) is 4.54. The average Bonchev–Trinajstić information content (AvgIpc) is 3.08. The summed E-state index contributed by atoms with van der Waals surface area (Å²) in [6.07, 6.45) is 0. The maximum Gasteiger partial charge on any atom is 0.173 e. The first kappa shape index (κ1) is 20.1. The molecule has 0 unspecified atom stereocenters. The van der Waals surface area contributed by atoms with E-state index in [0.29, 0.717) is 11.7 Å². The smallest absolute Gasteiger partial charge is 0.173 e. The van der Waals surface area contributed by atoms with Crippen LogP contribution in [0.25, 0.3) is 0 Å². The fraction of sp³-hybridized carbons (Fsp3) is 0.450. The predicted molar refractivity (Wildman–Crippen MR) is 114 cm³/mol. The van der Waals surface area contributed by atoms with Crippen LogP contribution in [0, 0.1) is 13.8 Å². The van der Waals surface area contributed by atoms with Crippen LogP contribution in [0.15, 0.2) is 34.7 Å². The second-order valence-corrected chi connectivity index (χ2v) is 7.52. The van der Waals surface area contributed by atoms with Gasteiger partial charge >= 0.3 is 0 Å². The van der Waals surface area contributed by atoms with Gasteiger partial charge in [0.05, 0.1) is 19.8 Å². The first-order valence-electron chi connectivity index (χ1n) is 9.19. The summed E-state index contributed by atoms with van der Waals surface area (Å²) in [6, 6.07) is 9.78. The van der Waals surface area contributed by atoms with E-state index in [1.54, 1.807) is 0 Å². The number of benzene rings is 1. The van der Waals surface area contributed by atoms with Crippen LogP contribution in [0.4, 0.5) is 5.69 Å². The number of hydrogen-bond donors (Lipinski definition) is 1. The van der Waals surface area contributed by atoms with Gasteiger partial charge in [0.15, 0.2) is 5.11 Å². The molecule has 0 bridgehead atoms. The van der Waals surface area contributed by atoms with Crippen LogP contribution in [0.5, 0.6) is 0 Å². The molecule has 0 aliphatic carbocycles. The number of halogens is 1. The molecule has 1 aromatic carbocycles. The molecule has 1 aliphatic heterocycles. The fourth-order valence-corrected chi connectivity index (χ4v) is 3.48. The molecule has 0 amide bonds. The number of furan rings is 1. The van der Waals surface area contributed by atoms with Crippen molar-refractivity contribution in [3.8, 4) is 0 Å². The van der Waals surface area contributed by atoms with Gasteiger partial charge in [0, 0.05) is 36.9 Å². The molecule has 2 heterocycles. The number of anilines is 1. The Morgan fingerprint density at radius 2 is 2.00 bits per heavy atom. The summed E-state index contributed by atoms with van der Waals surface area (Å²) >= 11 is 12.0. The zero-order valence-electron chi connectivity index (χ0n) is 15.8. The van der Waals surface area contributed by atoms with Crippen molar-refractivity contribution in [1.29, 1.82) is 0 Å². The van der Waals surface area contributed by atoms with Crippen LogP contribution in [0.3, 0.4) is 0 Å². The lowest BCUT2D eigenvalue weighted by molar-refractivity contribution is 0.0356. The highest BCUT2D eigenvalue weighted by atomic mass is 35.5. The minimum Gasteiger partial charge on any atom is -0.464 e. The van der Waals surface area contributed by atoms with E-state index in [1.165, 1.54) is 0 Å². The van der Waals surface area contributed by atoms with E-state index in [1.807, 2.05) is 44.2 Å². The molecule has 5 nitrogen and oxygen atoms in total. The van der Waals surface area contributed by atoms with Gasteiger partial charge in [-0.1, -0.05) is 17.7 Å². The summed E-state index contributed by atoms with van der Waals surface area (Å²) in [5, 5.41) is 4.75. The molecular weight excluding hydrogens is 382 g/mol. The van der Waals surface area contributed by atoms with Crippen molar-refractivity contribution in [1.82, 2.24) is 9.80 Å². The fourth-order valence-electron chi connectivity index (χ4n) is 3.03. The summed E-state index contributed by atoms with van der Waals surface area (Å²) in [6.45, 7) is 9.81. The summed E-state index contributed by atoms with van der Waals surface area (Å²) in [5.74, 6) is 1.81. The van der Waals surface area contributed by atoms with Crippen molar-refractivity contribution in [3.05, 3.63) is 52.4 Å². The largest absolute Gasteiger partial charge is 0.464 e. The highest BCUT2D eigenvalue weighted by molar-refractivity contribution is 7.80. The Bertz CT molecular complexity index is 774. The lowest BCUT2D eigenvalue weighted by Gasteiger charge is -2.31. The van der Waals surface area contributed by atoms with E-state index >= 15 is 0 Å². The molecule has 1 N–H and O–H groups in total. The van der Waals surface area contributed by atoms with E-state index < -0.39 is 0 Å².